The van der Waals surface area contributed by atoms with Gasteiger partial charge < -0.3 is 25.0 Å². The molecule has 2 saturated heterocycles. The van der Waals surface area contributed by atoms with Crippen LogP contribution in [0.4, 0.5) is 0 Å². The number of aliphatic hydroxyl groups excluding tert-OH is 1. The van der Waals surface area contributed by atoms with Crippen molar-refractivity contribution in [3.63, 3.8) is 0 Å². The standard InChI is InChI=1S/C34H43N7O7S2/c1-6-21-19-34(21,32(45)38-50(46,47)40-15-13-39(5)14-16-40)37-29(43)25-18-22(20-41(25)31(44)28(42)33(2,3)4)48-30-27(26-12-9-17-49-26)35-23-10-7-8-11-24(23)36-30/h6-12,17,21-22,25,28,42H,1,13-16,18-20H2,2-5H3,(H,37,43)(H,38,45)/t21-,22-,25+,28-,34-/m1/s1. The van der Waals surface area contributed by atoms with E-state index in [9.17, 15) is 27.9 Å². The summed E-state index contributed by atoms with van der Waals surface area (Å²) in [5, 5.41) is 15.7. The zero-order valence-corrected chi connectivity index (χ0v) is 30.2. The molecule has 3 fully saturated rings. The molecule has 14 nitrogen and oxygen atoms in total. The summed E-state index contributed by atoms with van der Waals surface area (Å²) in [7, 11) is -2.29. The highest BCUT2D eigenvalue weighted by atomic mass is 32.2. The van der Waals surface area contributed by atoms with Gasteiger partial charge in [-0.2, -0.15) is 12.7 Å². The van der Waals surface area contributed by atoms with Crippen molar-refractivity contribution in [2.75, 3.05) is 39.8 Å². The fraction of sp³-hybridized carbons (Fsp3) is 0.500. The molecule has 268 valence electrons. The number of nitrogens with one attached hydrogen (secondary N) is 2. The summed E-state index contributed by atoms with van der Waals surface area (Å²) in [6, 6.07) is 10.0. The molecule has 0 radical (unpaired) electrons. The number of hydrogen-bond acceptors (Lipinski definition) is 11. The van der Waals surface area contributed by atoms with Crippen LogP contribution < -0.4 is 14.8 Å². The molecule has 5 atom stereocenters. The number of para-hydroxylation sites is 2. The minimum absolute atomic E-state index is 0.0167. The Morgan fingerprint density at radius 1 is 1.10 bits per heavy atom. The lowest BCUT2D eigenvalue weighted by Gasteiger charge is -2.33. The van der Waals surface area contributed by atoms with Crippen molar-refractivity contribution < 1.29 is 32.6 Å². The number of rotatable bonds is 10. The van der Waals surface area contributed by atoms with Gasteiger partial charge in [0.2, 0.25) is 11.8 Å². The van der Waals surface area contributed by atoms with Crippen LogP contribution in [0.15, 0.2) is 54.4 Å². The molecular weight excluding hydrogens is 683 g/mol. The van der Waals surface area contributed by atoms with Gasteiger partial charge in [-0.15, -0.1) is 17.9 Å². The number of carbonyl (C=O) groups excluding carboxylic acids is 3. The smallest absolute Gasteiger partial charge is 0.303 e. The fourth-order valence-electron chi connectivity index (χ4n) is 6.34. The van der Waals surface area contributed by atoms with E-state index in [1.807, 2.05) is 53.7 Å². The van der Waals surface area contributed by atoms with Gasteiger partial charge in [0.1, 0.15) is 29.5 Å². The van der Waals surface area contributed by atoms with Crippen LogP contribution in [0.2, 0.25) is 0 Å². The summed E-state index contributed by atoms with van der Waals surface area (Å²) in [5.74, 6) is -2.52. The van der Waals surface area contributed by atoms with Crippen molar-refractivity contribution in [1.29, 1.82) is 0 Å². The predicted octanol–water partition coefficient (Wildman–Crippen LogP) is 1.78. The Bertz CT molecular complexity index is 1890. The largest absolute Gasteiger partial charge is 0.471 e. The zero-order valence-electron chi connectivity index (χ0n) is 28.5. The average molecular weight is 726 g/mol. The molecule has 6 rings (SSSR count). The number of likely N-dealkylation sites (tertiary alicyclic amines) is 1. The van der Waals surface area contributed by atoms with Crippen molar-refractivity contribution >= 4 is 50.3 Å². The van der Waals surface area contributed by atoms with Crippen LogP contribution in [0, 0.1) is 11.3 Å². The maximum absolute atomic E-state index is 14.1. The van der Waals surface area contributed by atoms with Crippen molar-refractivity contribution in [2.24, 2.45) is 11.3 Å². The molecule has 0 spiro atoms. The van der Waals surface area contributed by atoms with Crippen LogP contribution in [0.3, 0.4) is 0 Å². The minimum Gasteiger partial charge on any atom is -0.471 e. The summed E-state index contributed by atoms with van der Waals surface area (Å²) in [4.78, 5) is 55.2. The van der Waals surface area contributed by atoms with Crippen molar-refractivity contribution in [3.05, 3.63) is 54.4 Å². The summed E-state index contributed by atoms with van der Waals surface area (Å²) >= 11 is 1.47. The molecule has 3 N–H and O–H groups in total. The number of aromatic nitrogens is 2. The lowest BCUT2D eigenvalue weighted by atomic mass is 9.88. The molecule has 3 aliphatic rings. The van der Waals surface area contributed by atoms with E-state index >= 15 is 0 Å². The number of hydrogen-bond donors (Lipinski definition) is 3. The normalized spacial score (nSPS) is 25.2. The van der Waals surface area contributed by atoms with E-state index in [0.29, 0.717) is 29.8 Å². The number of thiophene rings is 1. The first-order valence-corrected chi connectivity index (χ1v) is 18.9. The van der Waals surface area contributed by atoms with Gasteiger partial charge in [0, 0.05) is 38.5 Å². The van der Waals surface area contributed by atoms with Crippen LogP contribution in [0.1, 0.15) is 33.6 Å². The molecular formula is C34H43N7O7S2. The van der Waals surface area contributed by atoms with Crippen LogP contribution in [0.25, 0.3) is 21.6 Å². The van der Waals surface area contributed by atoms with Gasteiger partial charge >= 0.3 is 10.2 Å². The molecule has 1 saturated carbocycles. The highest BCUT2D eigenvalue weighted by molar-refractivity contribution is 7.87. The number of fused-ring (bicyclic) bond motifs is 1. The summed E-state index contributed by atoms with van der Waals surface area (Å²) in [6.07, 6.45) is -0.518. The van der Waals surface area contributed by atoms with E-state index in [0.717, 1.165) is 4.88 Å². The van der Waals surface area contributed by atoms with E-state index in [1.165, 1.54) is 26.6 Å². The average Bonchev–Trinajstić information content (AvgIpc) is 3.37. The Kier molecular flexibility index (Phi) is 9.78. The highest BCUT2D eigenvalue weighted by Crippen LogP contribution is 2.45. The fourth-order valence-corrected chi connectivity index (χ4v) is 8.23. The predicted molar refractivity (Wildman–Crippen MR) is 188 cm³/mol. The third-order valence-electron chi connectivity index (χ3n) is 9.55. The van der Waals surface area contributed by atoms with E-state index in [-0.39, 0.29) is 38.4 Å². The number of aliphatic hydroxyl groups is 1. The van der Waals surface area contributed by atoms with E-state index in [4.69, 9.17) is 14.7 Å². The monoisotopic (exact) mass is 725 g/mol. The zero-order chi connectivity index (χ0) is 36.0. The number of amides is 3. The molecule has 1 aromatic carbocycles. The minimum atomic E-state index is -4.18. The summed E-state index contributed by atoms with van der Waals surface area (Å²) in [6.45, 7) is 10.3. The second-order valence-corrected chi connectivity index (χ2v) is 16.9. The first-order valence-electron chi connectivity index (χ1n) is 16.5. The van der Waals surface area contributed by atoms with Crippen molar-refractivity contribution in [2.45, 2.75) is 57.4 Å². The van der Waals surface area contributed by atoms with Gasteiger partial charge in [0.05, 0.1) is 22.5 Å². The Morgan fingerprint density at radius 2 is 1.78 bits per heavy atom. The Labute approximate surface area is 295 Å². The van der Waals surface area contributed by atoms with Crippen LogP contribution in [0.5, 0.6) is 5.88 Å². The van der Waals surface area contributed by atoms with Crippen LogP contribution in [-0.2, 0) is 24.6 Å². The number of ether oxygens (including phenoxy) is 1. The third-order valence-corrected chi connectivity index (χ3v) is 11.9. The van der Waals surface area contributed by atoms with Gasteiger partial charge in [-0.3, -0.25) is 14.4 Å². The number of benzene rings is 1. The molecule has 1 aliphatic carbocycles. The molecule has 3 aromatic rings. The lowest BCUT2D eigenvalue weighted by Crippen LogP contribution is -2.59. The van der Waals surface area contributed by atoms with Gasteiger partial charge in [-0.25, -0.2) is 14.7 Å². The number of carbonyl (C=O) groups is 3. The maximum atomic E-state index is 14.1. The number of likely N-dealkylation sites (N-methyl/N-ethyl adjacent to an activating group) is 1. The Morgan fingerprint density at radius 3 is 2.38 bits per heavy atom. The molecule has 3 amide bonds. The SMILES string of the molecule is C=C[C@@H]1C[C@]1(NC(=O)[C@@H]1C[C@@H](Oc2nc3ccccc3nc2-c2cccs2)CN1C(=O)[C@@H](O)C(C)(C)C)C(=O)NS(=O)(=O)N1CCN(C)CC1. The van der Waals surface area contributed by atoms with Crippen LogP contribution in [-0.4, -0.2) is 119 Å². The van der Waals surface area contributed by atoms with E-state index in [2.05, 4.69) is 16.6 Å². The summed E-state index contributed by atoms with van der Waals surface area (Å²) in [5.41, 5.74) is -0.615. The Hall–Kier alpha value is -3.96. The maximum Gasteiger partial charge on any atom is 0.303 e. The molecule has 2 aliphatic heterocycles. The molecule has 0 unspecified atom stereocenters. The quantitative estimate of drug-likeness (QED) is 0.262. The molecule has 0 bridgehead atoms. The van der Waals surface area contributed by atoms with Gasteiger partial charge in [0.15, 0.2) is 0 Å². The first-order chi connectivity index (χ1) is 23.6. The van der Waals surface area contributed by atoms with Crippen molar-refractivity contribution in [1.82, 2.24) is 34.1 Å². The Balaban J connectivity index is 1.26. The van der Waals surface area contributed by atoms with Crippen molar-refractivity contribution in [3.8, 4) is 16.5 Å². The number of piperazine rings is 1. The second kappa shape index (κ2) is 13.6. The summed E-state index contributed by atoms with van der Waals surface area (Å²) < 4.78 is 36.1. The highest BCUT2D eigenvalue weighted by Gasteiger charge is 2.61. The lowest BCUT2D eigenvalue weighted by molar-refractivity contribution is -0.150. The van der Waals surface area contributed by atoms with Gasteiger partial charge in [-0.1, -0.05) is 45.0 Å². The van der Waals surface area contributed by atoms with Gasteiger partial charge in [-0.05, 0) is 42.5 Å². The molecule has 4 heterocycles. The van der Waals surface area contributed by atoms with E-state index < -0.39 is 63.1 Å². The van der Waals surface area contributed by atoms with E-state index in [1.54, 1.807) is 20.8 Å². The number of nitrogens with zero attached hydrogens (tertiary/aromatic N) is 5. The molecule has 16 heteroatoms. The van der Waals surface area contributed by atoms with Crippen LogP contribution >= 0.6 is 11.3 Å². The topological polar surface area (TPSA) is 174 Å². The van der Waals surface area contributed by atoms with Gasteiger partial charge in [0.25, 0.3) is 11.8 Å². The molecule has 50 heavy (non-hydrogen) atoms. The second-order valence-electron chi connectivity index (χ2n) is 14.2. The first kappa shape index (κ1) is 35.9. The molecule has 2 aromatic heterocycles. The third kappa shape index (κ3) is 7.12.